The normalized spacial score (nSPS) is 10.5. The van der Waals surface area contributed by atoms with Gasteiger partial charge in [-0.2, -0.15) is 0 Å². The summed E-state index contributed by atoms with van der Waals surface area (Å²) in [4.78, 5) is 4.17. The van der Waals surface area contributed by atoms with Crippen molar-refractivity contribution in [1.29, 1.82) is 0 Å². The van der Waals surface area contributed by atoms with Gasteiger partial charge in [-0.15, -0.1) is 5.10 Å². The van der Waals surface area contributed by atoms with Crippen LogP contribution in [0.5, 0.6) is 0 Å². The Morgan fingerprint density at radius 1 is 1.50 bits per heavy atom. The lowest BCUT2D eigenvalue weighted by Gasteiger charge is -1.83. The predicted octanol–water partition coefficient (Wildman–Crippen LogP) is 0.433. The van der Waals surface area contributed by atoms with E-state index in [0.717, 1.165) is 11.3 Å². The summed E-state index contributed by atoms with van der Waals surface area (Å²) >= 11 is 0. The monoisotopic (exact) mass is 134 g/mol. The maximum absolute atomic E-state index is 4.17. The highest BCUT2D eigenvalue weighted by atomic mass is 15.4. The minimum absolute atomic E-state index is 0.840. The van der Waals surface area contributed by atoms with Gasteiger partial charge in [-0.25, -0.2) is 9.50 Å². The Bertz CT molecular complexity index is 318. The lowest BCUT2D eigenvalue weighted by Crippen LogP contribution is -1.90. The number of imidazole rings is 1. The molecule has 0 bridgehead atoms. The topological polar surface area (TPSA) is 43.1 Å². The summed E-state index contributed by atoms with van der Waals surface area (Å²) in [5, 5.41) is 7.51. The van der Waals surface area contributed by atoms with Crippen molar-refractivity contribution < 1.29 is 0 Å². The van der Waals surface area contributed by atoms with E-state index in [2.05, 4.69) is 15.3 Å². The fourth-order valence-corrected chi connectivity index (χ4v) is 0.875. The maximum Gasteiger partial charge on any atom is 0.157 e. The molecule has 2 aromatic heterocycles. The molecule has 0 radical (unpaired) electrons. The zero-order valence-corrected chi connectivity index (χ0v) is 5.52. The van der Waals surface area contributed by atoms with Crippen LogP contribution in [0.1, 0.15) is 5.69 Å². The van der Waals surface area contributed by atoms with E-state index in [1.165, 1.54) is 0 Å². The molecule has 0 saturated carbocycles. The fraction of sp³-hybridized carbons (Fsp3) is 0.167. The van der Waals surface area contributed by atoms with Crippen LogP contribution < -0.4 is 0 Å². The highest BCUT2D eigenvalue weighted by Crippen LogP contribution is 1.98. The van der Waals surface area contributed by atoms with Gasteiger partial charge in [-0.05, 0) is 6.92 Å². The van der Waals surface area contributed by atoms with E-state index in [1.54, 1.807) is 10.7 Å². The van der Waals surface area contributed by atoms with Gasteiger partial charge in [0.25, 0.3) is 0 Å². The molecule has 0 aliphatic heterocycles. The van der Waals surface area contributed by atoms with E-state index in [-0.39, 0.29) is 0 Å². The van der Waals surface area contributed by atoms with Crippen LogP contribution >= 0.6 is 0 Å². The molecule has 0 aliphatic rings. The molecule has 0 amide bonds. The van der Waals surface area contributed by atoms with Crippen LogP contribution in [0.15, 0.2) is 18.5 Å². The average Bonchev–Trinajstić information content (AvgIpc) is 2.27. The zero-order valence-electron chi connectivity index (χ0n) is 5.52. The Balaban J connectivity index is 2.88. The zero-order chi connectivity index (χ0) is 6.97. The Morgan fingerprint density at radius 3 is 3.20 bits per heavy atom. The summed E-state index contributed by atoms with van der Waals surface area (Å²) in [6, 6.07) is 1.82. The van der Waals surface area contributed by atoms with Crippen LogP contribution in [0.3, 0.4) is 0 Å². The third-order valence-electron chi connectivity index (χ3n) is 1.27. The molecule has 0 saturated heterocycles. The van der Waals surface area contributed by atoms with Crippen LogP contribution in [-0.2, 0) is 0 Å². The fourth-order valence-electron chi connectivity index (χ4n) is 0.875. The molecular formula is C6H6N4. The van der Waals surface area contributed by atoms with E-state index in [0.29, 0.717) is 0 Å². The standard InChI is InChI=1S/C6H6N4/c1-5-4-10-6(8-5)2-3-7-9-10/h2-4H,1H3. The SMILES string of the molecule is Cc1cn2nnccc2n1. The van der Waals surface area contributed by atoms with Crippen LogP contribution in [0.2, 0.25) is 0 Å². The van der Waals surface area contributed by atoms with Crippen LogP contribution in [0, 0.1) is 6.92 Å². The summed E-state index contributed by atoms with van der Waals surface area (Å²) in [5.41, 5.74) is 1.80. The first-order valence-electron chi connectivity index (χ1n) is 3.00. The minimum atomic E-state index is 0.840. The largest absolute Gasteiger partial charge is 0.232 e. The van der Waals surface area contributed by atoms with E-state index < -0.39 is 0 Å². The number of aromatic nitrogens is 4. The highest BCUT2D eigenvalue weighted by Gasteiger charge is 1.94. The number of rotatable bonds is 0. The van der Waals surface area contributed by atoms with Crippen LogP contribution in [0.4, 0.5) is 0 Å². The molecule has 0 aliphatic carbocycles. The van der Waals surface area contributed by atoms with Gasteiger partial charge in [0.05, 0.1) is 18.1 Å². The Kier molecular flexibility index (Phi) is 0.943. The molecule has 50 valence electrons. The molecule has 0 spiro atoms. The van der Waals surface area contributed by atoms with Crippen molar-refractivity contribution in [3.8, 4) is 0 Å². The van der Waals surface area contributed by atoms with Gasteiger partial charge < -0.3 is 0 Å². The van der Waals surface area contributed by atoms with Crippen LogP contribution in [-0.4, -0.2) is 19.8 Å². The summed E-state index contributed by atoms with van der Waals surface area (Å²) < 4.78 is 1.65. The Morgan fingerprint density at radius 2 is 2.40 bits per heavy atom. The lowest BCUT2D eigenvalue weighted by atomic mass is 10.6. The van der Waals surface area contributed by atoms with Crippen molar-refractivity contribution in [2.75, 3.05) is 0 Å². The van der Waals surface area contributed by atoms with Crippen molar-refractivity contribution in [3.05, 3.63) is 24.2 Å². The molecule has 0 aromatic carbocycles. The van der Waals surface area contributed by atoms with Crippen molar-refractivity contribution in [2.24, 2.45) is 0 Å². The number of nitrogens with zero attached hydrogens (tertiary/aromatic N) is 4. The second-order valence-electron chi connectivity index (χ2n) is 2.11. The first-order valence-corrected chi connectivity index (χ1v) is 3.00. The predicted molar refractivity (Wildman–Crippen MR) is 35.5 cm³/mol. The second-order valence-corrected chi connectivity index (χ2v) is 2.11. The Hall–Kier alpha value is -1.45. The third-order valence-corrected chi connectivity index (χ3v) is 1.27. The summed E-state index contributed by atoms with van der Waals surface area (Å²) in [7, 11) is 0. The quantitative estimate of drug-likeness (QED) is 0.524. The molecule has 0 atom stereocenters. The first kappa shape index (κ1) is 5.34. The van der Waals surface area contributed by atoms with Crippen molar-refractivity contribution >= 4 is 5.65 Å². The van der Waals surface area contributed by atoms with Crippen LogP contribution in [0.25, 0.3) is 5.65 Å². The van der Waals surface area contributed by atoms with Gasteiger partial charge in [-0.3, -0.25) is 0 Å². The molecule has 4 heteroatoms. The number of fused-ring (bicyclic) bond motifs is 1. The number of hydrogen-bond donors (Lipinski definition) is 0. The van der Waals surface area contributed by atoms with Gasteiger partial charge in [0.15, 0.2) is 5.65 Å². The molecule has 0 N–H and O–H groups in total. The maximum atomic E-state index is 4.17. The van der Waals surface area contributed by atoms with Gasteiger partial charge in [0, 0.05) is 6.07 Å². The molecule has 4 nitrogen and oxygen atoms in total. The average molecular weight is 134 g/mol. The Labute approximate surface area is 57.5 Å². The second kappa shape index (κ2) is 1.76. The molecule has 0 unspecified atom stereocenters. The summed E-state index contributed by atoms with van der Waals surface area (Å²) in [5.74, 6) is 0. The third kappa shape index (κ3) is 0.655. The minimum Gasteiger partial charge on any atom is -0.232 e. The van der Waals surface area contributed by atoms with E-state index in [9.17, 15) is 0 Å². The molecule has 2 heterocycles. The van der Waals surface area contributed by atoms with Gasteiger partial charge >= 0.3 is 0 Å². The number of aryl methyl sites for hydroxylation is 1. The van der Waals surface area contributed by atoms with E-state index in [4.69, 9.17) is 0 Å². The van der Waals surface area contributed by atoms with Gasteiger partial charge in [0.2, 0.25) is 0 Å². The van der Waals surface area contributed by atoms with Crippen molar-refractivity contribution in [2.45, 2.75) is 6.92 Å². The molecular weight excluding hydrogens is 128 g/mol. The highest BCUT2D eigenvalue weighted by molar-refractivity contribution is 5.35. The lowest BCUT2D eigenvalue weighted by molar-refractivity contribution is 0.806. The first-order chi connectivity index (χ1) is 4.86. The van der Waals surface area contributed by atoms with Gasteiger partial charge in [0.1, 0.15) is 0 Å². The summed E-state index contributed by atoms with van der Waals surface area (Å²) in [6.45, 7) is 1.93. The van der Waals surface area contributed by atoms with Crippen molar-refractivity contribution in [1.82, 2.24) is 19.8 Å². The molecule has 2 rings (SSSR count). The van der Waals surface area contributed by atoms with E-state index in [1.807, 2.05) is 19.2 Å². The summed E-state index contributed by atoms with van der Waals surface area (Å²) in [6.07, 6.45) is 3.46. The smallest absolute Gasteiger partial charge is 0.157 e. The molecule has 10 heavy (non-hydrogen) atoms. The number of hydrogen-bond acceptors (Lipinski definition) is 3. The van der Waals surface area contributed by atoms with Crippen molar-refractivity contribution in [3.63, 3.8) is 0 Å². The molecule has 2 aromatic rings. The molecule has 0 fully saturated rings. The van der Waals surface area contributed by atoms with Gasteiger partial charge in [-0.1, -0.05) is 5.21 Å². The van der Waals surface area contributed by atoms with E-state index >= 15 is 0 Å².